The molecule has 6 heteroatoms. The summed E-state index contributed by atoms with van der Waals surface area (Å²) >= 11 is 0. The van der Waals surface area contributed by atoms with Crippen molar-refractivity contribution in [1.82, 2.24) is 24.8 Å². The molecule has 132 valence electrons. The number of nitrogens with zero attached hydrogens (tertiary/aromatic N) is 5. The maximum absolute atomic E-state index is 4.73. The number of hydrogen-bond acceptors (Lipinski definition) is 6. The van der Waals surface area contributed by atoms with Gasteiger partial charge in [-0.15, -0.1) is 0 Å². The van der Waals surface area contributed by atoms with Crippen molar-refractivity contribution in [3.05, 3.63) is 72.4 Å². The molecule has 1 atom stereocenters. The van der Waals surface area contributed by atoms with Gasteiger partial charge in [-0.1, -0.05) is 12.1 Å². The molecule has 0 spiro atoms. The summed E-state index contributed by atoms with van der Waals surface area (Å²) in [5, 5.41) is 3.18. The van der Waals surface area contributed by atoms with Crippen molar-refractivity contribution >= 4 is 11.8 Å². The van der Waals surface area contributed by atoms with Crippen molar-refractivity contribution in [2.24, 2.45) is 0 Å². The summed E-state index contributed by atoms with van der Waals surface area (Å²) < 4.78 is 0. The van der Waals surface area contributed by atoms with Crippen molar-refractivity contribution in [3.63, 3.8) is 0 Å². The summed E-state index contributed by atoms with van der Waals surface area (Å²) in [6.45, 7) is 3.07. The summed E-state index contributed by atoms with van der Waals surface area (Å²) in [5.74, 6) is 1.78. The Kier molecular flexibility index (Phi) is 5.12. The molecule has 3 aromatic rings. The largest absolute Gasteiger partial charge is 0.309 e. The van der Waals surface area contributed by atoms with Gasteiger partial charge in [0.1, 0.15) is 5.82 Å². The van der Waals surface area contributed by atoms with Crippen molar-refractivity contribution in [2.45, 2.75) is 25.3 Å². The monoisotopic (exact) mass is 346 g/mol. The number of pyridine rings is 2. The second-order valence-corrected chi connectivity index (χ2v) is 6.58. The van der Waals surface area contributed by atoms with Crippen molar-refractivity contribution < 1.29 is 0 Å². The highest BCUT2D eigenvalue weighted by atomic mass is 15.2. The van der Waals surface area contributed by atoms with E-state index in [4.69, 9.17) is 4.98 Å². The zero-order valence-corrected chi connectivity index (χ0v) is 14.6. The third-order valence-corrected chi connectivity index (χ3v) is 4.63. The maximum Gasteiger partial charge on any atom is 0.228 e. The topological polar surface area (TPSA) is 66.8 Å². The Bertz CT molecular complexity index is 824. The molecule has 1 saturated heterocycles. The van der Waals surface area contributed by atoms with Gasteiger partial charge in [-0.25, -0.2) is 15.0 Å². The number of piperidine rings is 1. The fourth-order valence-corrected chi connectivity index (χ4v) is 3.40. The van der Waals surface area contributed by atoms with E-state index in [1.807, 2.05) is 48.9 Å². The third-order valence-electron chi connectivity index (χ3n) is 4.63. The van der Waals surface area contributed by atoms with Gasteiger partial charge >= 0.3 is 0 Å². The Balaban J connectivity index is 1.44. The number of nitrogens with one attached hydrogen (secondary N) is 1. The van der Waals surface area contributed by atoms with E-state index in [0.29, 0.717) is 11.9 Å². The van der Waals surface area contributed by atoms with Crippen LogP contribution in [0.1, 0.15) is 30.0 Å². The lowest BCUT2D eigenvalue weighted by Gasteiger charge is -2.32. The van der Waals surface area contributed by atoms with Gasteiger partial charge < -0.3 is 5.32 Å². The molecule has 1 aliphatic rings. The predicted octanol–water partition coefficient (Wildman–Crippen LogP) is 3.39. The standard InChI is InChI=1S/C20H22N6/c1-2-10-22-19(7-1)25-20-23-11-8-18(24-20)17-6-4-12-26(15-17)14-16-5-3-9-21-13-16/h1-3,5,7-11,13,17H,4,6,12,14-15H2,(H,22,23,24,25). The fraction of sp³-hybridized carbons (Fsp3) is 0.300. The lowest BCUT2D eigenvalue weighted by atomic mass is 9.94. The minimum absolute atomic E-state index is 0.424. The van der Waals surface area contributed by atoms with E-state index in [1.165, 1.54) is 12.0 Å². The molecule has 1 aliphatic heterocycles. The van der Waals surface area contributed by atoms with E-state index in [1.54, 1.807) is 6.20 Å². The van der Waals surface area contributed by atoms with Gasteiger partial charge in [0.15, 0.2) is 0 Å². The first-order valence-corrected chi connectivity index (χ1v) is 8.99. The van der Waals surface area contributed by atoms with Gasteiger partial charge in [0.2, 0.25) is 5.95 Å². The molecule has 0 bridgehead atoms. The zero-order valence-electron chi connectivity index (χ0n) is 14.6. The first-order valence-electron chi connectivity index (χ1n) is 8.99. The lowest BCUT2D eigenvalue weighted by Crippen LogP contribution is -2.34. The van der Waals surface area contributed by atoms with E-state index in [2.05, 4.69) is 31.2 Å². The fourth-order valence-electron chi connectivity index (χ4n) is 3.40. The summed E-state index contributed by atoms with van der Waals surface area (Å²) in [4.78, 5) is 20.0. The average molecular weight is 346 g/mol. The second-order valence-electron chi connectivity index (χ2n) is 6.58. The van der Waals surface area contributed by atoms with Crippen LogP contribution in [0.4, 0.5) is 11.8 Å². The van der Waals surface area contributed by atoms with Crippen molar-refractivity contribution in [3.8, 4) is 0 Å². The first-order chi connectivity index (χ1) is 12.9. The smallest absolute Gasteiger partial charge is 0.228 e. The molecular formula is C20H22N6. The molecule has 0 amide bonds. The van der Waals surface area contributed by atoms with Crippen LogP contribution in [0.3, 0.4) is 0 Å². The normalized spacial score (nSPS) is 17.8. The van der Waals surface area contributed by atoms with Gasteiger partial charge in [0.05, 0.1) is 5.69 Å². The average Bonchev–Trinajstić information content (AvgIpc) is 2.70. The maximum atomic E-state index is 4.73. The Labute approximate surface area is 153 Å². The van der Waals surface area contributed by atoms with Crippen LogP contribution in [0, 0.1) is 0 Å². The Morgan fingerprint density at radius 3 is 2.88 bits per heavy atom. The Morgan fingerprint density at radius 2 is 2.04 bits per heavy atom. The van der Waals surface area contributed by atoms with Crippen molar-refractivity contribution in [1.29, 1.82) is 0 Å². The predicted molar refractivity (Wildman–Crippen MR) is 101 cm³/mol. The molecule has 6 nitrogen and oxygen atoms in total. The van der Waals surface area contributed by atoms with Crippen LogP contribution < -0.4 is 5.32 Å². The Morgan fingerprint density at radius 1 is 1.04 bits per heavy atom. The molecule has 1 fully saturated rings. The third kappa shape index (κ3) is 4.21. The van der Waals surface area contributed by atoms with Crippen LogP contribution in [0.25, 0.3) is 0 Å². The highest BCUT2D eigenvalue weighted by Crippen LogP contribution is 2.27. The molecule has 0 aliphatic carbocycles. The summed E-state index contributed by atoms with van der Waals surface area (Å²) in [5.41, 5.74) is 2.35. The van der Waals surface area contributed by atoms with Gasteiger partial charge in [0, 0.05) is 43.8 Å². The molecule has 0 aromatic carbocycles. The minimum Gasteiger partial charge on any atom is -0.309 e. The van der Waals surface area contributed by atoms with Gasteiger partial charge in [-0.2, -0.15) is 0 Å². The first kappa shape index (κ1) is 16.6. The molecule has 26 heavy (non-hydrogen) atoms. The highest BCUT2D eigenvalue weighted by Gasteiger charge is 2.22. The van der Waals surface area contributed by atoms with E-state index in [9.17, 15) is 0 Å². The minimum atomic E-state index is 0.424. The quantitative estimate of drug-likeness (QED) is 0.764. The number of hydrogen-bond donors (Lipinski definition) is 1. The zero-order chi connectivity index (χ0) is 17.6. The molecule has 4 heterocycles. The summed E-state index contributed by atoms with van der Waals surface area (Å²) in [6.07, 6.45) is 9.68. The summed E-state index contributed by atoms with van der Waals surface area (Å²) in [7, 11) is 0. The summed E-state index contributed by atoms with van der Waals surface area (Å²) in [6, 6.07) is 11.9. The van der Waals surface area contributed by atoms with Crippen LogP contribution in [-0.4, -0.2) is 37.9 Å². The number of anilines is 2. The van der Waals surface area contributed by atoms with Gasteiger partial charge in [-0.3, -0.25) is 9.88 Å². The molecule has 1 N–H and O–H groups in total. The second kappa shape index (κ2) is 8.01. The van der Waals surface area contributed by atoms with E-state index in [-0.39, 0.29) is 0 Å². The SMILES string of the molecule is c1ccc(Nc2nccc(C3CCCN(Cc4cccnc4)C3)n2)nc1. The lowest BCUT2D eigenvalue weighted by molar-refractivity contribution is 0.198. The molecule has 0 radical (unpaired) electrons. The molecular weight excluding hydrogens is 324 g/mol. The van der Waals surface area contributed by atoms with Crippen molar-refractivity contribution in [2.75, 3.05) is 18.4 Å². The van der Waals surface area contributed by atoms with Gasteiger partial charge in [-0.05, 0) is 49.2 Å². The van der Waals surface area contributed by atoms with Crippen LogP contribution in [0.2, 0.25) is 0 Å². The molecule has 0 saturated carbocycles. The number of rotatable bonds is 5. The van der Waals surface area contributed by atoms with E-state index < -0.39 is 0 Å². The van der Waals surface area contributed by atoms with E-state index >= 15 is 0 Å². The Hall–Kier alpha value is -2.86. The van der Waals surface area contributed by atoms with Crippen LogP contribution in [-0.2, 0) is 6.54 Å². The number of likely N-dealkylation sites (tertiary alicyclic amines) is 1. The van der Waals surface area contributed by atoms with Crippen LogP contribution >= 0.6 is 0 Å². The van der Waals surface area contributed by atoms with Gasteiger partial charge in [0.25, 0.3) is 0 Å². The van der Waals surface area contributed by atoms with Crippen LogP contribution in [0.5, 0.6) is 0 Å². The van der Waals surface area contributed by atoms with E-state index in [0.717, 1.165) is 37.6 Å². The molecule has 1 unspecified atom stereocenters. The molecule has 4 rings (SSSR count). The number of aromatic nitrogens is 4. The highest BCUT2D eigenvalue weighted by molar-refractivity contribution is 5.46. The van der Waals surface area contributed by atoms with Crippen LogP contribution in [0.15, 0.2) is 61.2 Å². The molecule has 3 aromatic heterocycles.